The van der Waals surface area contributed by atoms with Gasteiger partial charge in [0.15, 0.2) is 0 Å². The van der Waals surface area contributed by atoms with Crippen molar-refractivity contribution in [2.24, 2.45) is 5.92 Å². The van der Waals surface area contributed by atoms with E-state index in [1.54, 1.807) is 23.1 Å². The van der Waals surface area contributed by atoms with Gasteiger partial charge in [-0.05, 0) is 48.7 Å². The van der Waals surface area contributed by atoms with E-state index in [1.165, 1.54) is 6.26 Å². The van der Waals surface area contributed by atoms with Crippen LogP contribution in [0.2, 0.25) is 0 Å². The van der Waals surface area contributed by atoms with E-state index in [4.69, 9.17) is 4.42 Å². The molecule has 0 spiro atoms. The highest BCUT2D eigenvalue weighted by atomic mass is 16.3. The Bertz CT molecular complexity index is 843. The molecule has 0 unspecified atom stereocenters. The molecule has 0 radical (unpaired) electrons. The van der Waals surface area contributed by atoms with Crippen LogP contribution in [-0.4, -0.2) is 24.3 Å². The molecular formula is C20H23N3O4. The van der Waals surface area contributed by atoms with Gasteiger partial charge in [0.05, 0.1) is 12.8 Å². The van der Waals surface area contributed by atoms with Gasteiger partial charge in [-0.15, -0.1) is 0 Å². The lowest BCUT2D eigenvalue weighted by Gasteiger charge is -2.31. The third-order valence-electron chi connectivity index (χ3n) is 4.43. The van der Waals surface area contributed by atoms with Crippen LogP contribution in [0, 0.1) is 5.92 Å². The molecule has 27 heavy (non-hydrogen) atoms. The fourth-order valence-corrected chi connectivity index (χ4v) is 3.06. The quantitative estimate of drug-likeness (QED) is 0.810. The first-order valence-electron chi connectivity index (χ1n) is 9.01. The number of hydrogen-bond acceptors (Lipinski definition) is 4. The number of nitrogens with zero attached hydrogens (tertiary/aromatic N) is 1. The first kappa shape index (κ1) is 18.7. The summed E-state index contributed by atoms with van der Waals surface area (Å²) in [5, 5.41) is 5.11. The molecule has 0 atom stereocenters. The van der Waals surface area contributed by atoms with Gasteiger partial charge in [-0.3, -0.25) is 14.4 Å². The molecule has 0 aliphatic carbocycles. The number of benzene rings is 1. The third-order valence-corrected chi connectivity index (χ3v) is 4.43. The summed E-state index contributed by atoms with van der Waals surface area (Å²) in [6.45, 7) is 4.61. The largest absolute Gasteiger partial charge is 0.467 e. The van der Waals surface area contributed by atoms with Crippen molar-refractivity contribution in [1.82, 2.24) is 5.32 Å². The molecule has 0 bridgehead atoms. The maximum atomic E-state index is 12.4. The average Bonchev–Trinajstić information content (AvgIpc) is 3.18. The van der Waals surface area contributed by atoms with E-state index in [9.17, 15) is 14.4 Å². The zero-order valence-electron chi connectivity index (χ0n) is 15.5. The Hall–Kier alpha value is -3.09. The highest BCUT2D eigenvalue weighted by molar-refractivity contribution is 6.39. The van der Waals surface area contributed by atoms with Crippen molar-refractivity contribution < 1.29 is 18.8 Å². The molecule has 2 heterocycles. The third kappa shape index (κ3) is 4.36. The minimum atomic E-state index is -0.743. The number of carbonyl (C=O) groups excluding carboxylic acids is 3. The van der Waals surface area contributed by atoms with Gasteiger partial charge in [0.25, 0.3) is 0 Å². The van der Waals surface area contributed by atoms with Crippen LogP contribution in [0.1, 0.15) is 31.6 Å². The van der Waals surface area contributed by atoms with Gasteiger partial charge in [-0.25, -0.2) is 0 Å². The van der Waals surface area contributed by atoms with Crippen molar-refractivity contribution in [1.29, 1.82) is 0 Å². The van der Waals surface area contributed by atoms with E-state index < -0.39 is 11.8 Å². The van der Waals surface area contributed by atoms with Gasteiger partial charge < -0.3 is 20.0 Å². The highest BCUT2D eigenvalue weighted by Crippen LogP contribution is 2.30. The SMILES string of the molecule is CC(C)C(=O)N1CCCc2cc(NC(=O)C(=O)NCc3ccco3)ccc21. The fraction of sp³-hybridized carbons (Fsp3) is 0.350. The summed E-state index contributed by atoms with van der Waals surface area (Å²) in [5.41, 5.74) is 2.40. The van der Waals surface area contributed by atoms with E-state index in [2.05, 4.69) is 10.6 Å². The number of anilines is 2. The van der Waals surface area contributed by atoms with Crippen molar-refractivity contribution >= 4 is 29.1 Å². The number of hydrogen-bond donors (Lipinski definition) is 2. The van der Waals surface area contributed by atoms with Gasteiger partial charge in [0.1, 0.15) is 5.76 Å². The van der Waals surface area contributed by atoms with E-state index in [-0.39, 0.29) is 18.4 Å². The summed E-state index contributed by atoms with van der Waals surface area (Å²) in [7, 11) is 0. The Balaban J connectivity index is 1.65. The van der Waals surface area contributed by atoms with Crippen LogP contribution < -0.4 is 15.5 Å². The number of rotatable bonds is 4. The molecule has 3 amide bonds. The molecule has 7 heteroatoms. The predicted molar refractivity (Wildman–Crippen MR) is 101 cm³/mol. The smallest absolute Gasteiger partial charge is 0.313 e. The van der Waals surface area contributed by atoms with Crippen LogP contribution in [0.3, 0.4) is 0 Å². The summed E-state index contributed by atoms with van der Waals surface area (Å²) in [4.78, 5) is 38.2. The predicted octanol–water partition coefficient (Wildman–Crippen LogP) is 2.47. The molecule has 0 fully saturated rings. The van der Waals surface area contributed by atoms with Gasteiger partial charge in [0, 0.05) is 23.8 Å². The summed E-state index contributed by atoms with van der Waals surface area (Å²) in [5.74, 6) is -0.897. The van der Waals surface area contributed by atoms with Gasteiger partial charge in [-0.2, -0.15) is 0 Å². The Morgan fingerprint density at radius 3 is 2.70 bits per heavy atom. The lowest BCUT2D eigenvalue weighted by molar-refractivity contribution is -0.136. The molecule has 1 aromatic heterocycles. The first-order chi connectivity index (χ1) is 13.0. The molecule has 2 N–H and O–H groups in total. The molecule has 2 aromatic rings. The molecule has 1 aliphatic heterocycles. The van der Waals surface area contributed by atoms with Crippen LogP contribution in [0.15, 0.2) is 41.0 Å². The topological polar surface area (TPSA) is 91.7 Å². The van der Waals surface area contributed by atoms with Crippen LogP contribution in [0.25, 0.3) is 0 Å². The second-order valence-corrected chi connectivity index (χ2v) is 6.81. The van der Waals surface area contributed by atoms with E-state index in [0.717, 1.165) is 24.1 Å². The number of amides is 3. The molecule has 1 aliphatic rings. The zero-order chi connectivity index (χ0) is 19.4. The minimum Gasteiger partial charge on any atom is -0.467 e. The maximum Gasteiger partial charge on any atom is 0.313 e. The summed E-state index contributed by atoms with van der Waals surface area (Å²) in [6, 6.07) is 8.79. The number of fused-ring (bicyclic) bond motifs is 1. The number of aryl methyl sites for hydroxylation is 1. The Morgan fingerprint density at radius 2 is 2.00 bits per heavy atom. The van der Waals surface area contributed by atoms with E-state index in [1.807, 2.05) is 26.0 Å². The summed E-state index contributed by atoms with van der Waals surface area (Å²) >= 11 is 0. The van der Waals surface area contributed by atoms with Gasteiger partial charge >= 0.3 is 11.8 Å². The lowest BCUT2D eigenvalue weighted by Crippen LogP contribution is -2.38. The van der Waals surface area contributed by atoms with Crippen LogP contribution in [0.5, 0.6) is 0 Å². The molecule has 0 saturated heterocycles. The van der Waals surface area contributed by atoms with Crippen molar-refractivity contribution in [3.05, 3.63) is 47.9 Å². The number of carbonyl (C=O) groups is 3. The molecule has 1 aromatic carbocycles. The monoisotopic (exact) mass is 369 g/mol. The highest BCUT2D eigenvalue weighted by Gasteiger charge is 2.25. The maximum absolute atomic E-state index is 12.4. The number of furan rings is 1. The normalized spacial score (nSPS) is 13.2. The second kappa shape index (κ2) is 8.07. The molecule has 3 rings (SSSR count). The van der Waals surface area contributed by atoms with Crippen LogP contribution in [-0.2, 0) is 27.3 Å². The lowest BCUT2D eigenvalue weighted by atomic mass is 9.99. The van der Waals surface area contributed by atoms with Crippen molar-refractivity contribution in [3.8, 4) is 0 Å². The summed E-state index contributed by atoms with van der Waals surface area (Å²) < 4.78 is 5.11. The standard InChI is InChI=1S/C20H23N3O4/c1-13(2)20(26)23-9-3-5-14-11-15(7-8-17(14)23)22-19(25)18(24)21-12-16-6-4-10-27-16/h4,6-8,10-11,13H,3,5,9,12H2,1-2H3,(H,21,24)(H,22,25). The molecule has 0 saturated carbocycles. The Morgan fingerprint density at radius 1 is 1.19 bits per heavy atom. The Labute approximate surface area is 157 Å². The minimum absolute atomic E-state index is 0.0758. The van der Waals surface area contributed by atoms with Gasteiger partial charge in [0.2, 0.25) is 5.91 Å². The van der Waals surface area contributed by atoms with Crippen molar-refractivity contribution in [2.45, 2.75) is 33.2 Å². The zero-order valence-corrected chi connectivity index (χ0v) is 15.5. The Kier molecular flexibility index (Phi) is 5.59. The number of nitrogens with one attached hydrogen (secondary N) is 2. The summed E-state index contributed by atoms with van der Waals surface area (Å²) in [6.07, 6.45) is 3.19. The van der Waals surface area contributed by atoms with Gasteiger partial charge in [-0.1, -0.05) is 13.8 Å². The second-order valence-electron chi connectivity index (χ2n) is 6.81. The molecular weight excluding hydrogens is 346 g/mol. The first-order valence-corrected chi connectivity index (χ1v) is 9.01. The van der Waals surface area contributed by atoms with E-state index >= 15 is 0 Å². The van der Waals surface area contributed by atoms with Crippen LogP contribution in [0.4, 0.5) is 11.4 Å². The van der Waals surface area contributed by atoms with E-state index in [0.29, 0.717) is 18.0 Å². The van der Waals surface area contributed by atoms with Crippen molar-refractivity contribution in [3.63, 3.8) is 0 Å². The molecule has 7 nitrogen and oxygen atoms in total. The average molecular weight is 369 g/mol. The fourth-order valence-electron chi connectivity index (χ4n) is 3.06. The molecule has 142 valence electrons. The van der Waals surface area contributed by atoms with Crippen molar-refractivity contribution in [2.75, 3.05) is 16.8 Å². The van der Waals surface area contributed by atoms with Crippen LogP contribution >= 0.6 is 0 Å².